The topological polar surface area (TPSA) is 76.4 Å². The first-order valence-corrected chi connectivity index (χ1v) is 12.8. The van der Waals surface area contributed by atoms with Gasteiger partial charge in [-0.2, -0.15) is 5.26 Å². The number of carbonyl (C=O) groups excluding carboxylic acids is 2. The van der Waals surface area contributed by atoms with E-state index in [0.29, 0.717) is 11.1 Å². The molecule has 0 aliphatic heterocycles. The zero-order valence-corrected chi connectivity index (χ0v) is 21.7. The summed E-state index contributed by atoms with van der Waals surface area (Å²) in [6.45, 7) is 2.20. The molecule has 0 radical (unpaired) electrons. The Bertz CT molecular complexity index is 1450. The highest BCUT2D eigenvalue weighted by Gasteiger charge is 2.16. The maximum Gasteiger partial charge on any atom is 0.345 e. The number of nitrogens with zero attached hydrogens (tertiary/aromatic N) is 1. The number of unbranched alkanes of at least 4 members (excludes halogenated alkanes) is 2. The van der Waals surface area contributed by atoms with Crippen LogP contribution in [0.15, 0.2) is 91.0 Å². The molecule has 0 bridgehead atoms. The minimum atomic E-state index is -0.665. The molecule has 0 saturated heterocycles. The lowest BCUT2D eigenvalue weighted by Gasteiger charge is -2.09. The van der Waals surface area contributed by atoms with Gasteiger partial charge in [0.25, 0.3) is 0 Å². The molecule has 0 atom stereocenters. The van der Waals surface area contributed by atoms with Crippen molar-refractivity contribution in [3.8, 4) is 28.7 Å². The molecule has 4 rings (SSSR count). The first kappa shape index (κ1) is 26.7. The normalized spacial score (nSPS) is 10.4. The third kappa shape index (κ3) is 6.88. The van der Waals surface area contributed by atoms with E-state index in [0.717, 1.165) is 17.5 Å². The molecule has 0 amide bonds. The molecule has 190 valence electrons. The summed E-state index contributed by atoms with van der Waals surface area (Å²) >= 11 is 6.27. The van der Waals surface area contributed by atoms with E-state index in [1.54, 1.807) is 24.3 Å². The third-order valence-corrected chi connectivity index (χ3v) is 6.35. The van der Waals surface area contributed by atoms with Gasteiger partial charge in [0.15, 0.2) is 0 Å². The number of hydrogen-bond acceptors (Lipinski definition) is 5. The molecule has 4 aromatic rings. The lowest BCUT2D eigenvalue weighted by atomic mass is 10.0. The monoisotopic (exact) mass is 523 g/mol. The van der Waals surface area contributed by atoms with Crippen molar-refractivity contribution < 1.29 is 19.1 Å². The molecule has 38 heavy (non-hydrogen) atoms. The van der Waals surface area contributed by atoms with Crippen molar-refractivity contribution in [2.45, 2.75) is 32.6 Å². The molecule has 0 heterocycles. The Kier molecular flexibility index (Phi) is 8.92. The zero-order valence-electron chi connectivity index (χ0n) is 20.9. The molecular weight excluding hydrogens is 498 g/mol. The summed E-state index contributed by atoms with van der Waals surface area (Å²) in [5.41, 5.74) is 4.39. The Morgan fingerprint density at radius 1 is 0.763 bits per heavy atom. The average Bonchev–Trinajstić information content (AvgIpc) is 2.94. The highest BCUT2D eigenvalue weighted by molar-refractivity contribution is 6.33. The second-order valence-electron chi connectivity index (χ2n) is 8.79. The molecule has 0 fully saturated rings. The molecule has 5 nitrogen and oxygen atoms in total. The predicted octanol–water partition coefficient (Wildman–Crippen LogP) is 8.05. The quantitative estimate of drug-likeness (QED) is 0.126. The second kappa shape index (κ2) is 12.7. The molecule has 0 aliphatic rings. The van der Waals surface area contributed by atoms with Crippen molar-refractivity contribution in [3.63, 3.8) is 0 Å². The molecule has 0 aromatic heterocycles. The van der Waals surface area contributed by atoms with Crippen molar-refractivity contribution in [1.29, 1.82) is 5.26 Å². The van der Waals surface area contributed by atoms with Crippen molar-refractivity contribution in [1.82, 2.24) is 0 Å². The van der Waals surface area contributed by atoms with E-state index in [2.05, 4.69) is 31.2 Å². The van der Waals surface area contributed by atoms with Gasteiger partial charge in [0.05, 0.1) is 27.8 Å². The van der Waals surface area contributed by atoms with E-state index in [-0.39, 0.29) is 22.1 Å². The van der Waals surface area contributed by atoms with Gasteiger partial charge in [-0.25, -0.2) is 9.59 Å². The molecule has 0 unspecified atom stereocenters. The predicted molar refractivity (Wildman–Crippen MR) is 148 cm³/mol. The van der Waals surface area contributed by atoms with Crippen LogP contribution in [-0.4, -0.2) is 11.9 Å². The van der Waals surface area contributed by atoms with Crippen LogP contribution in [0.5, 0.6) is 11.5 Å². The molecule has 0 aliphatic carbocycles. The fourth-order valence-electron chi connectivity index (χ4n) is 3.89. The van der Waals surface area contributed by atoms with Crippen LogP contribution in [0.4, 0.5) is 0 Å². The van der Waals surface area contributed by atoms with Crippen molar-refractivity contribution in [3.05, 3.63) is 118 Å². The van der Waals surface area contributed by atoms with Crippen molar-refractivity contribution in [2.24, 2.45) is 0 Å². The summed E-state index contributed by atoms with van der Waals surface area (Å²) in [4.78, 5) is 25.2. The van der Waals surface area contributed by atoms with Gasteiger partial charge in [-0.1, -0.05) is 67.8 Å². The van der Waals surface area contributed by atoms with Gasteiger partial charge < -0.3 is 9.47 Å². The Hall–Kier alpha value is -4.40. The number of carbonyl (C=O) groups is 2. The first-order valence-electron chi connectivity index (χ1n) is 12.4. The lowest BCUT2D eigenvalue weighted by molar-refractivity contribution is 0.0730. The number of hydrogen-bond donors (Lipinski definition) is 0. The van der Waals surface area contributed by atoms with Gasteiger partial charge >= 0.3 is 11.9 Å². The summed E-state index contributed by atoms with van der Waals surface area (Å²) in [7, 11) is 0. The average molecular weight is 524 g/mol. The Morgan fingerprint density at radius 3 is 1.97 bits per heavy atom. The fraction of sp³-hybridized carbons (Fsp3) is 0.156. The van der Waals surface area contributed by atoms with Crippen LogP contribution in [0.3, 0.4) is 0 Å². The smallest absolute Gasteiger partial charge is 0.345 e. The number of rotatable bonds is 9. The van der Waals surface area contributed by atoms with Gasteiger partial charge in [0.2, 0.25) is 0 Å². The minimum Gasteiger partial charge on any atom is -0.423 e. The van der Waals surface area contributed by atoms with Gasteiger partial charge in [-0.05, 0) is 78.1 Å². The van der Waals surface area contributed by atoms with Crippen LogP contribution in [0.2, 0.25) is 5.02 Å². The SMILES string of the molecule is CCCCCc1ccc(-c2ccc(C(=O)Oc3ccc(C(=O)Oc4ccc(C#N)cc4)c(Cl)c3)cc2)cc1. The summed E-state index contributed by atoms with van der Waals surface area (Å²) < 4.78 is 10.8. The van der Waals surface area contributed by atoms with Crippen molar-refractivity contribution >= 4 is 23.5 Å². The Balaban J connectivity index is 1.37. The standard InChI is InChI=1S/C32H26ClNO4/c1-2-3-4-5-22-6-10-24(11-7-22)25-12-14-26(15-13-25)31(35)38-28-18-19-29(30(33)20-28)32(36)37-27-16-8-23(21-34)9-17-27/h6-20H,2-5H2,1H3. The van der Waals surface area contributed by atoms with Crippen LogP contribution in [0, 0.1) is 11.3 Å². The van der Waals surface area contributed by atoms with E-state index < -0.39 is 11.9 Å². The Labute approximate surface area is 227 Å². The molecule has 0 N–H and O–H groups in total. The summed E-state index contributed by atoms with van der Waals surface area (Å²) in [6.07, 6.45) is 4.73. The number of aryl methyl sites for hydroxylation is 1. The zero-order chi connectivity index (χ0) is 26.9. The second-order valence-corrected chi connectivity index (χ2v) is 9.20. The summed E-state index contributed by atoms with van der Waals surface area (Å²) in [5.74, 6) is -0.710. The maximum absolute atomic E-state index is 12.7. The number of halogens is 1. The molecule has 0 saturated carbocycles. The highest BCUT2D eigenvalue weighted by Crippen LogP contribution is 2.26. The van der Waals surface area contributed by atoms with Gasteiger partial charge in [0.1, 0.15) is 11.5 Å². The molecule has 4 aromatic carbocycles. The number of ether oxygens (including phenoxy) is 2. The highest BCUT2D eigenvalue weighted by atomic mass is 35.5. The van der Waals surface area contributed by atoms with Gasteiger partial charge in [-0.3, -0.25) is 0 Å². The molecule has 6 heteroatoms. The number of benzene rings is 4. The van der Waals surface area contributed by atoms with E-state index in [1.807, 2.05) is 18.2 Å². The lowest BCUT2D eigenvalue weighted by Crippen LogP contribution is -2.11. The van der Waals surface area contributed by atoms with Gasteiger partial charge in [-0.15, -0.1) is 0 Å². The van der Waals surface area contributed by atoms with E-state index in [1.165, 1.54) is 55.2 Å². The van der Waals surface area contributed by atoms with E-state index in [9.17, 15) is 9.59 Å². The van der Waals surface area contributed by atoms with Crippen molar-refractivity contribution in [2.75, 3.05) is 0 Å². The van der Waals surface area contributed by atoms with Crippen LogP contribution >= 0.6 is 11.6 Å². The van der Waals surface area contributed by atoms with Crippen LogP contribution in [0.25, 0.3) is 11.1 Å². The van der Waals surface area contributed by atoms with Gasteiger partial charge in [0, 0.05) is 6.07 Å². The number of esters is 2. The summed E-state index contributed by atoms with van der Waals surface area (Å²) in [5, 5.41) is 8.96. The third-order valence-electron chi connectivity index (χ3n) is 6.04. The number of nitriles is 1. The first-order chi connectivity index (χ1) is 18.5. The molecule has 0 spiro atoms. The Morgan fingerprint density at radius 2 is 1.37 bits per heavy atom. The van der Waals surface area contributed by atoms with E-state index >= 15 is 0 Å². The fourth-order valence-corrected chi connectivity index (χ4v) is 4.14. The summed E-state index contributed by atoms with van der Waals surface area (Å²) in [6, 6.07) is 28.2. The minimum absolute atomic E-state index is 0.0856. The van der Waals surface area contributed by atoms with Crippen LogP contribution in [0.1, 0.15) is 58.0 Å². The van der Waals surface area contributed by atoms with Crippen LogP contribution in [-0.2, 0) is 6.42 Å². The molecular formula is C32H26ClNO4. The largest absolute Gasteiger partial charge is 0.423 e. The van der Waals surface area contributed by atoms with Crippen LogP contribution < -0.4 is 9.47 Å². The maximum atomic E-state index is 12.7. The van der Waals surface area contributed by atoms with E-state index in [4.69, 9.17) is 26.3 Å².